The Morgan fingerprint density at radius 1 is 1.30 bits per heavy atom. The van der Waals surface area contributed by atoms with Gasteiger partial charge in [-0.05, 0) is 43.4 Å². The van der Waals surface area contributed by atoms with Crippen LogP contribution in [0.5, 0.6) is 0 Å². The molecule has 2 fully saturated rings. The van der Waals surface area contributed by atoms with E-state index in [2.05, 4.69) is 26.8 Å². The van der Waals surface area contributed by atoms with Crippen LogP contribution in [0.2, 0.25) is 0 Å². The molecule has 1 aliphatic heterocycles. The van der Waals surface area contributed by atoms with Crippen molar-refractivity contribution < 1.29 is 8.95 Å². The normalized spacial score (nSPS) is 36.5. The summed E-state index contributed by atoms with van der Waals surface area (Å²) in [6.07, 6.45) is 5.19. The predicted octanol–water partition coefficient (Wildman–Crippen LogP) is 3.27. The fourth-order valence-electron chi connectivity index (χ4n) is 3.44. The van der Waals surface area contributed by atoms with E-state index in [0.29, 0.717) is 11.7 Å². The van der Waals surface area contributed by atoms with Crippen LogP contribution in [0.15, 0.2) is 0 Å². The quantitative estimate of drug-likeness (QED) is 0.803. The van der Waals surface area contributed by atoms with E-state index in [1.807, 2.05) is 0 Å². The zero-order valence-electron chi connectivity index (χ0n) is 12.9. The summed E-state index contributed by atoms with van der Waals surface area (Å²) in [4.78, 5) is 0. The second-order valence-corrected chi connectivity index (χ2v) is 9.03. The van der Waals surface area contributed by atoms with Crippen molar-refractivity contribution in [1.82, 2.24) is 0 Å². The van der Waals surface area contributed by atoms with Gasteiger partial charge in [-0.3, -0.25) is 4.21 Å². The molecule has 0 amide bonds. The molecule has 0 aromatic heterocycles. The van der Waals surface area contributed by atoms with Crippen LogP contribution in [-0.2, 0) is 15.5 Å². The summed E-state index contributed by atoms with van der Waals surface area (Å²) in [7, 11) is -0.929. The average molecular weight is 297 g/mol. The Kier molecular flexibility index (Phi) is 5.25. The predicted molar refractivity (Wildman–Crippen MR) is 81.7 cm³/mol. The zero-order chi connectivity index (χ0) is 14.8. The van der Waals surface area contributed by atoms with Gasteiger partial charge < -0.3 is 4.74 Å². The Morgan fingerprint density at radius 3 is 2.60 bits per heavy atom. The minimum atomic E-state index is -0.929. The van der Waals surface area contributed by atoms with Gasteiger partial charge in [-0.25, -0.2) is 0 Å². The molecule has 1 aliphatic carbocycles. The van der Waals surface area contributed by atoms with Gasteiger partial charge in [0.2, 0.25) is 0 Å². The molecule has 0 radical (unpaired) electrons. The summed E-state index contributed by atoms with van der Waals surface area (Å²) >= 11 is 0. The van der Waals surface area contributed by atoms with E-state index in [1.165, 1.54) is 0 Å². The third-order valence-corrected chi connectivity index (χ3v) is 6.79. The van der Waals surface area contributed by atoms with Gasteiger partial charge in [0.15, 0.2) is 0 Å². The summed E-state index contributed by atoms with van der Waals surface area (Å²) in [5, 5.41) is 9.39. The van der Waals surface area contributed by atoms with Crippen LogP contribution in [0.1, 0.15) is 52.9 Å². The lowest BCUT2D eigenvalue weighted by Crippen LogP contribution is -2.39. The van der Waals surface area contributed by atoms with E-state index in [-0.39, 0.29) is 22.7 Å². The second-order valence-electron chi connectivity index (χ2n) is 7.33. The first-order valence-electron chi connectivity index (χ1n) is 7.80. The van der Waals surface area contributed by atoms with Crippen LogP contribution in [0, 0.1) is 28.6 Å². The molecular weight excluding hydrogens is 270 g/mol. The molecule has 3 nitrogen and oxygen atoms in total. The van der Waals surface area contributed by atoms with E-state index < -0.39 is 10.8 Å². The molecule has 0 aromatic carbocycles. The van der Waals surface area contributed by atoms with Crippen LogP contribution in [0.4, 0.5) is 0 Å². The standard InChI is InChI=1S/C16H27NO2S/c1-16(2,3)13-7-6-12(10-17)15(9-13)20(18)11-14-5-4-8-19-14/h12-15H,4-9,11H2,1-3H3. The van der Waals surface area contributed by atoms with E-state index in [4.69, 9.17) is 4.74 Å². The van der Waals surface area contributed by atoms with Gasteiger partial charge in [0.25, 0.3) is 0 Å². The number of nitriles is 1. The maximum absolute atomic E-state index is 12.7. The lowest BCUT2D eigenvalue weighted by Gasteiger charge is -2.39. The van der Waals surface area contributed by atoms with Crippen molar-refractivity contribution in [2.24, 2.45) is 17.3 Å². The number of nitrogens with zero attached hydrogens (tertiary/aromatic N) is 1. The van der Waals surface area contributed by atoms with Gasteiger partial charge in [-0.2, -0.15) is 5.26 Å². The van der Waals surface area contributed by atoms with Crippen molar-refractivity contribution in [3.63, 3.8) is 0 Å². The highest BCUT2D eigenvalue weighted by Crippen LogP contribution is 2.41. The third-order valence-electron chi connectivity index (χ3n) is 4.89. The molecular formula is C16H27NO2S. The Morgan fingerprint density at radius 2 is 2.05 bits per heavy atom. The first kappa shape index (κ1) is 16.0. The molecule has 5 atom stereocenters. The number of rotatable bonds is 3. The highest BCUT2D eigenvalue weighted by Gasteiger charge is 2.39. The lowest BCUT2D eigenvalue weighted by atomic mass is 9.70. The zero-order valence-corrected chi connectivity index (χ0v) is 13.7. The fraction of sp³-hybridized carbons (Fsp3) is 0.938. The summed E-state index contributed by atoms with van der Waals surface area (Å²) in [5.74, 6) is 1.17. The molecule has 1 saturated carbocycles. The van der Waals surface area contributed by atoms with Crippen molar-refractivity contribution >= 4 is 10.8 Å². The fourth-order valence-corrected chi connectivity index (χ4v) is 5.32. The minimum Gasteiger partial charge on any atom is -0.377 e. The van der Waals surface area contributed by atoms with Gasteiger partial charge in [0, 0.05) is 17.4 Å². The molecule has 0 N–H and O–H groups in total. The second kappa shape index (κ2) is 6.58. The van der Waals surface area contributed by atoms with Gasteiger partial charge in [-0.15, -0.1) is 0 Å². The van der Waals surface area contributed by atoms with E-state index >= 15 is 0 Å². The maximum atomic E-state index is 12.7. The molecule has 2 rings (SSSR count). The third kappa shape index (κ3) is 3.83. The molecule has 20 heavy (non-hydrogen) atoms. The number of ether oxygens (including phenoxy) is 1. The Hall–Kier alpha value is -0.400. The topological polar surface area (TPSA) is 50.1 Å². The van der Waals surface area contributed by atoms with Gasteiger partial charge >= 0.3 is 0 Å². The largest absolute Gasteiger partial charge is 0.377 e. The van der Waals surface area contributed by atoms with Crippen LogP contribution in [0.3, 0.4) is 0 Å². The molecule has 5 unspecified atom stereocenters. The Labute approximate surface area is 125 Å². The van der Waals surface area contributed by atoms with Gasteiger partial charge in [-0.1, -0.05) is 20.8 Å². The Balaban J connectivity index is 2.01. The molecule has 4 heteroatoms. The van der Waals surface area contributed by atoms with Crippen LogP contribution >= 0.6 is 0 Å². The van der Waals surface area contributed by atoms with Crippen LogP contribution in [-0.4, -0.2) is 27.9 Å². The van der Waals surface area contributed by atoms with Crippen LogP contribution < -0.4 is 0 Å². The first-order chi connectivity index (χ1) is 9.41. The van der Waals surface area contributed by atoms with Crippen LogP contribution in [0.25, 0.3) is 0 Å². The minimum absolute atomic E-state index is 0.0316. The molecule has 0 spiro atoms. The van der Waals surface area contributed by atoms with Crippen molar-refractivity contribution in [3.05, 3.63) is 0 Å². The van der Waals surface area contributed by atoms with Gasteiger partial charge in [0.1, 0.15) is 0 Å². The van der Waals surface area contributed by atoms with E-state index in [9.17, 15) is 9.47 Å². The van der Waals surface area contributed by atoms with Crippen molar-refractivity contribution in [1.29, 1.82) is 5.26 Å². The average Bonchev–Trinajstić information content (AvgIpc) is 2.89. The Bertz CT molecular complexity index is 390. The number of hydrogen-bond donors (Lipinski definition) is 0. The first-order valence-corrected chi connectivity index (χ1v) is 9.18. The van der Waals surface area contributed by atoms with Crippen molar-refractivity contribution in [2.75, 3.05) is 12.4 Å². The van der Waals surface area contributed by atoms with Gasteiger partial charge in [0.05, 0.1) is 29.1 Å². The molecule has 0 aromatic rings. The highest BCUT2D eigenvalue weighted by molar-refractivity contribution is 7.85. The lowest BCUT2D eigenvalue weighted by molar-refractivity contribution is 0.127. The molecule has 2 aliphatic rings. The monoisotopic (exact) mass is 297 g/mol. The molecule has 1 saturated heterocycles. The van der Waals surface area contributed by atoms with E-state index in [1.54, 1.807) is 0 Å². The van der Waals surface area contributed by atoms with Crippen molar-refractivity contribution in [3.8, 4) is 6.07 Å². The maximum Gasteiger partial charge on any atom is 0.0691 e. The molecule has 114 valence electrons. The van der Waals surface area contributed by atoms with E-state index in [0.717, 1.165) is 38.7 Å². The molecule has 1 heterocycles. The molecule has 0 bridgehead atoms. The summed E-state index contributed by atoms with van der Waals surface area (Å²) in [6, 6.07) is 2.40. The number of hydrogen-bond acceptors (Lipinski definition) is 3. The summed E-state index contributed by atoms with van der Waals surface area (Å²) in [6.45, 7) is 7.57. The summed E-state index contributed by atoms with van der Waals surface area (Å²) < 4.78 is 18.3. The highest BCUT2D eigenvalue weighted by atomic mass is 32.2. The smallest absolute Gasteiger partial charge is 0.0691 e. The summed E-state index contributed by atoms with van der Waals surface area (Å²) in [5.41, 5.74) is 0.243. The SMILES string of the molecule is CC(C)(C)C1CCC(C#N)C(S(=O)CC2CCCO2)C1. The van der Waals surface area contributed by atoms with Crippen molar-refractivity contribution in [2.45, 2.75) is 64.2 Å².